The van der Waals surface area contributed by atoms with Gasteiger partial charge in [-0.2, -0.15) is 0 Å². The van der Waals surface area contributed by atoms with Gasteiger partial charge < -0.3 is 15.2 Å². The van der Waals surface area contributed by atoms with Crippen LogP contribution in [-0.2, 0) is 4.74 Å². The smallest absolute Gasteiger partial charge is 0.407 e. The molecule has 0 heterocycles. The summed E-state index contributed by atoms with van der Waals surface area (Å²) in [7, 11) is 0. The van der Waals surface area contributed by atoms with Crippen LogP contribution in [0.1, 0.15) is 33.6 Å². The van der Waals surface area contributed by atoms with Gasteiger partial charge in [0.15, 0.2) is 0 Å². The molecule has 0 radical (unpaired) electrons. The van der Waals surface area contributed by atoms with Crippen molar-refractivity contribution in [3.05, 3.63) is 0 Å². The Morgan fingerprint density at radius 2 is 1.92 bits per heavy atom. The van der Waals surface area contributed by atoms with Gasteiger partial charge in [0.25, 0.3) is 0 Å². The summed E-state index contributed by atoms with van der Waals surface area (Å²) in [6.07, 6.45) is 0.772. The maximum absolute atomic E-state index is 10.9. The fourth-order valence-electron chi connectivity index (χ4n) is 0.919. The Labute approximate surface area is 79.3 Å². The van der Waals surface area contributed by atoms with Crippen LogP contribution in [0.2, 0.25) is 0 Å². The van der Waals surface area contributed by atoms with Gasteiger partial charge in [-0.25, -0.2) is 4.79 Å². The van der Waals surface area contributed by atoms with Gasteiger partial charge in [0.05, 0.1) is 12.2 Å². The van der Waals surface area contributed by atoms with E-state index in [-0.39, 0.29) is 6.54 Å². The van der Waals surface area contributed by atoms with Gasteiger partial charge in [0.1, 0.15) is 0 Å². The van der Waals surface area contributed by atoms with E-state index >= 15 is 0 Å². The van der Waals surface area contributed by atoms with Gasteiger partial charge in [-0.15, -0.1) is 0 Å². The molecular weight excluding hydrogens is 170 g/mol. The number of nitrogens with one attached hydrogen (secondary N) is 1. The first-order valence-electron chi connectivity index (χ1n) is 4.71. The van der Waals surface area contributed by atoms with Gasteiger partial charge in [-0.3, -0.25) is 0 Å². The van der Waals surface area contributed by atoms with Crippen molar-refractivity contribution in [1.82, 2.24) is 5.32 Å². The molecule has 2 N–H and O–H groups in total. The molecule has 13 heavy (non-hydrogen) atoms. The summed E-state index contributed by atoms with van der Waals surface area (Å²) < 4.78 is 4.67. The third kappa shape index (κ3) is 4.72. The SMILES string of the molecule is CCOC(=O)NCC(O)(CC)CC. The first-order valence-corrected chi connectivity index (χ1v) is 4.71. The number of alkyl carbamates (subject to hydrolysis) is 1. The molecular formula is C9H19NO3. The lowest BCUT2D eigenvalue weighted by Gasteiger charge is -2.24. The predicted octanol–water partition coefficient (Wildman–Crippen LogP) is 1.28. The molecule has 1 amide bonds. The molecule has 0 aliphatic carbocycles. The van der Waals surface area contributed by atoms with E-state index in [9.17, 15) is 9.90 Å². The summed E-state index contributed by atoms with van der Waals surface area (Å²) in [6, 6.07) is 0. The molecule has 0 atom stereocenters. The molecule has 0 aromatic rings. The maximum Gasteiger partial charge on any atom is 0.407 e. The first kappa shape index (κ1) is 12.2. The molecule has 0 fully saturated rings. The van der Waals surface area contributed by atoms with E-state index in [4.69, 9.17) is 0 Å². The molecule has 0 unspecified atom stereocenters. The average Bonchev–Trinajstić information content (AvgIpc) is 2.15. The topological polar surface area (TPSA) is 58.6 Å². The number of hydrogen-bond acceptors (Lipinski definition) is 3. The Balaban J connectivity index is 3.78. The maximum atomic E-state index is 10.9. The van der Waals surface area contributed by atoms with Crippen LogP contribution in [0.3, 0.4) is 0 Å². The Morgan fingerprint density at radius 3 is 2.31 bits per heavy atom. The third-order valence-electron chi connectivity index (χ3n) is 2.15. The zero-order valence-electron chi connectivity index (χ0n) is 8.59. The summed E-state index contributed by atoms with van der Waals surface area (Å²) in [6.45, 7) is 6.11. The number of aliphatic hydroxyl groups is 1. The van der Waals surface area contributed by atoms with Crippen molar-refractivity contribution in [2.75, 3.05) is 13.2 Å². The van der Waals surface area contributed by atoms with E-state index in [2.05, 4.69) is 10.1 Å². The number of amides is 1. The van der Waals surface area contributed by atoms with Gasteiger partial charge in [-0.1, -0.05) is 13.8 Å². The van der Waals surface area contributed by atoms with Crippen LogP contribution < -0.4 is 5.32 Å². The summed E-state index contributed by atoms with van der Waals surface area (Å²) in [5.41, 5.74) is -0.799. The molecule has 0 spiro atoms. The Bertz CT molecular complexity index is 155. The Kier molecular flexibility index (Phi) is 5.46. The summed E-state index contributed by atoms with van der Waals surface area (Å²) >= 11 is 0. The highest BCUT2D eigenvalue weighted by Gasteiger charge is 2.22. The lowest BCUT2D eigenvalue weighted by molar-refractivity contribution is 0.0312. The van der Waals surface area contributed by atoms with Gasteiger partial charge in [0, 0.05) is 6.54 Å². The normalized spacial score (nSPS) is 11.1. The van der Waals surface area contributed by atoms with Gasteiger partial charge >= 0.3 is 6.09 Å². The van der Waals surface area contributed by atoms with E-state index in [0.717, 1.165) is 0 Å². The minimum atomic E-state index is -0.799. The molecule has 0 bridgehead atoms. The zero-order chi connectivity index (χ0) is 10.3. The minimum Gasteiger partial charge on any atom is -0.450 e. The van der Waals surface area contributed by atoms with Crippen LogP contribution in [0.25, 0.3) is 0 Å². The lowest BCUT2D eigenvalue weighted by Crippen LogP contribution is -2.42. The van der Waals surface area contributed by atoms with Crippen LogP contribution in [0.15, 0.2) is 0 Å². The molecule has 0 rings (SSSR count). The molecule has 0 saturated carbocycles. The Morgan fingerprint density at radius 1 is 1.38 bits per heavy atom. The van der Waals surface area contributed by atoms with Crippen LogP contribution in [0.5, 0.6) is 0 Å². The molecule has 0 saturated heterocycles. The van der Waals surface area contributed by atoms with Crippen molar-refractivity contribution in [3.63, 3.8) is 0 Å². The van der Waals surface area contributed by atoms with Crippen molar-refractivity contribution in [1.29, 1.82) is 0 Å². The van der Waals surface area contributed by atoms with Crippen molar-refractivity contribution >= 4 is 6.09 Å². The van der Waals surface area contributed by atoms with Crippen LogP contribution >= 0.6 is 0 Å². The molecule has 0 aromatic heterocycles. The minimum absolute atomic E-state index is 0.249. The number of carbonyl (C=O) groups excluding carboxylic acids is 1. The zero-order valence-corrected chi connectivity index (χ0v) is 8.59. The first-order chi connectivity index (χ1) is 6.08. The highest BCUT2D eigenvalue weighted by molar-refractivity contribution is 5.67. The molecule has 4 heteroatoms. The van der Waals surface area contributed by atoms with Gasteiger partial charge in [-0.05, 0) is 19.8 Å². The fourth-order valence-corrected chi connectivity index (χ4v) is 0.919. The van der Waals surface area contributed by atoms with Crippen molar-refractivity contribution in [2.45, 2.75) is 39.2 Å². The van der Waals surface area contributed by atoms with E-state index in [1.807, 2.05) is 13.8 Å². The van der Waals surface area contributed by atoms with E-state index in [1.165, 1.54) is 0 Å². The van der Waals surface area contributed by atoms with E-state index < -0.39 is 11.7 Å². The largest absolute Gasteiger partial charge is 0.450 e. The summed E-state index contributed by atoms with van der Waals surface area (Å²) in [5, 5.41) is 12.3. The van der Waals surface area contributed by atoms with Gasteiger partial charge in [0.2, 0.25) is 0 Å². The van der Waals surface area contributed by atoms with Crippen LogP contribution in [0, 0.1) is 0 Å². The second kappa shape index (κ2) is 5.80. The molecule has 78 valence electrons. The molecule has 0 aliphatic heterocycles. The number of rotatable bonds is 5. The monoisotopic (exact) mass is 189 g/mol. The number of ether oxygens (including phenoxy) is 1. The molecule has 4 nitrogen and oxygen atoms in total. The number of carbonyl (C=O) groups is 1. The highest BCUT2D eigenvalue weighted by atomic mass is 16.5. The van der Waals surface area contributed by atoms with E-state index in [1.54, 1.807) is 6.92 Å². The van der Waals surface area contributed by atoms with Crippen molar-refractivity contribution in [2.24, 2.45) is 0 Å². The van der Waals surface area contributed by atoms with Crippen LogP contribution in [-0.4, -0.2) is 30.0 Å². The second-order valence-corrected chi connectivity index (χ2v) is 3.01. The molecule has 0 aliphatic rings. The van der Waals surface area contributed by atoms with Crippen LogP contribution in [0.4, 0.5) is 4.79 Å². The van der Waals surface area contributed by atoms with Crippen molar-refractivity contribution < 1.29 is 14.6 Å². The standard InChI is InChI=1S/C9H19NO3/c1-4-9(12,5-2)7-10-8(11)13-6-3/h12H,4-7H2,1-3H3,(H,10,11). The number of hydrogen-bond donors (Lipinski definition) is 2. The lowest BCUT2D eigenvalue weighted by atomic mass is 9.98. The Hall–Kier alpha value is -0.770. The fraction of sp³-hybridized carbons (Fsp3) is 0.889. The second-order valence-electron chi connectivity index (χ2n) is 3.01. The summed E-state index contributed by atoms with van der Waals surface area (Å²) in [5.74, 6) is 0. The van der Waals surface area contributed by atoms with Crippen molar-refractivity contribution in [3.8, 4) is 0 Å². The quantitative estimate of drug-likeness (QED) is 0.685. The van der Waals surface area contributed by atoms with E-state index in [0.29, 0.717) is 19.4 Å². The average molecular weight is 189 g/mol. The summed E-state index contributed by atoms with van der Waals surface area (Å²) in [4.78, 5) is 10.9. The third-order valence-corrected chi connectivity index (χ3v) is 2.15. The highest BCUT2D eigenvalue weighted by Crippen LogP contribution is 2.12. The predicted molar refractivity (Wildman–Crippen MR) is 50.6 cm³/mol. The molecule has 0 aromatic carbocycles.